The minimum Gasteiger partial charge on any atom is -0.489 e. The fourth-order valence-corrected chi connectivity index (χ4v) is 3.90. The van der Waals surface area contributed by atoms with Crippen LogP contribution in [0.2, 0.25) is 5.02 Å². The van der Waals surface area contributed by atoms with E-state index in [-0.39, 0.29) is 6.10 Å². The van der Waals surface area contributed by atoms with Gasteiger partial charge in [0.25, 0.3) is 0 Å². The molecule has 1 aromatic carbocycles. The summed E-state index contributed by atoms with van der Waals surface area (Å²) in [6.45, 7) is 5.60. The Morgan fingerprint density at radius 2 is 2.35 bits per heavy atom. The zero-order valence-corrected chi connectivity index (χ0v) is 14.5. The highest BCUT2D eigenvalue weighted by Crippen LogP contribution is 2.29. The van der Waals surface area contributed by atoms with Crippen LogP contribution in [0.4, 0.5) is 0 Å². The SMILES string of the molecule is CC(CNC1CCCC1C1COCCN1)Oc1cccc(Cl)c1. The molecule has 0 radical (unpaired) electrons. The van der Waals surface area contributed by atoms with Crippen molar-refractivity contribution in [2.24, 2.45) is 5.92 Å². The average Bonchev–Trinajstić information content (AvgIpc) is 3.02. The summed E-state index contributed by atoms with van der Waals surface area (Å²) >= 11 is 6.00. The van der Waals surface area contributed by atoms with E-state index < -0.39 is 0 Å². The molecule has 2 fully saturated rings. The van der Waals surface area contributed by atoms with Crippen LogP contribution >= 0.6 is 11.6 Å². The summed E-state index contributed by atoms with van der Waals surface area (Å²) in [5, 5.41) is 8.03. The van der Waals surface area contributed by atoms with Gasteiger partial charge in [0.15, 0.2) is 0 Å². The van der Waals surface area contributed by atoms with Gasteiger partial charge in [0.1, 0.15) is 11.9 Å². The predicted octanol–water partition coefficient (Wildman–Crippen LogP) is 2.85. The number of nitrogens with one attached hydrogen (secondary N) is 2. The molecule has 0 spiro atoms. The van der Waals surface area contributed by atoms with Gasteiger partial charge in [0, 0.05) is 30.2 Å². The highest BCUT2D eigenvalue weighted by Gasteiger charge is 2.34. The maximum Gasteiger partial charge on any atom is 0.121 e. The van der Waals surface area contributed by atoms with E-state index in [2.05, 4.69) is 17.6 Å². The summed E-state index contributed by atoms with van der Waals surface area (Å²) in [5.74, 6) is 1.49. The summed E-state index contributed by atoms with van der Waals surface area (Å²) in [4.78, 5) is 0. The second-order valence-electron chi connectivity index (χ2n) is 6.63. The zero-order valence-electron chi connectivity index (χ0n) is 13.8. The van der Waals surface area contributed by atoms with E-state index in [9.17, 15) is 0 Å². The maximum atomic E-state index is 6.00. The van der Waals surface area contributed by atoms with E-state index in [1.807, 2.05) is 24.3 Å². The molecule has 23 heavy (non-hydrogen) atoms. The van der Waals surface area contributed by atoms with Crippen molar-refractivity contribution < 1.29 is 9.47 Å². The van der Waals surface area contributed by atoms with Crippen LogP contribution in [-0.2, 0) is 4.74 Å². The van der Waals surface area contributed by atoms with Gasteiger partial charge in [-0.2, -0.15) is 0 Å². The van der Waals surface area contributed by atoms with Crippen molar-refractivity contribution in [3.8, 4) is 5.75 Å². The molecule has 1 heterocycles. The molecular formula is C18H27ClN2O2. The van der Waals surface area contributed by atoms with Crippen molar-refractivity contribution in [3.05, 3.63) is 29.3 Å². The Bertz CT molecular complexity index is 494. The lowest BCUT2D eigenvalue weighted by Gasteiger charge is -2.33. The molecule has 0 bridgehead atoms. The molecule has 2 aliphatic rings. The fourth-order valence-electron chi connectivity index (χ4n) is 3.72. The molecule has 1 aliphatic carbocycles. The molecule has 1 saturated heterocycles. The largest absolute Gasteiger partial charge is 0.489 e. The number of benzene rings is 1. The molecule has 0 aromatic heterocycles. The predicted molar refractivity (Wildman–Crippen MR) is 93.3 cm³/mol. The maximum absolute atomic E-state index is 6.00. The summed E-state index contributed by atoms with van der Waals surface area (Å²) in [5.41, 5.74) is 0. The second-order valence-corrected chi connectivity index (χ2v) is 7.07. The number of halogens is 1. The van der Waals surface area contributed by atoms with E-state index in [4.69, 9.17) is 21.1 Å². The lowest BCUT2D eigenvalue weighted by molar-refractivity contribution is 0.0518. The van der Waals surface area contributed by atoms with Crippen LogP contribution in [0.1, 0.15) is 26.2 Å². The Morgan fingerprint density at radius 3 is 3.13 bits per heavy atom. The van der Waals surface area contributed by atoms with Gasteiger partial charge in [0.2, 0.25) is 0 Å². The molecule has 128 valence electrons. The van der Waals surface area contributed by atoms with Gasteiger partial charge < -0.3 is 20.1 Å². The normalized spacial score (nSPS) is 29.4. The Kier molecular flexibility index (Phi) is 6.17. The number of hydrogen-bond donors (Lipinski definition) is 2. The van der Waals surface area contributed by atoms with Crippen LogP contribution in [0.15, 0.2) is 24.3 Å². The Balaban J connectivity index is 1.46. The Hall–Kier alpha value is -0.810. The standard InChI is InChI=1S/C18H27ClN2O2/c1-13(23-15-5-2-4-14(19)10-15)11-21-17-7-3-6-16(17)18-12-22-9-8-20-18/h2,4-5,10,13,16-18,20-21H,3,6-9,11-12H2,1H3. The minimum absolute atomic E-state index is 0.116. The summed E-state index contributed by atoms with van der Waals surface area (Å²) in [6.07, 6.45) is 3.93. The van der Waals surface area contributed by atoms with Crippen molar-refractivity contribution in [1.29, 1.82) is 0 Å². The molecule has 3 rings (SSSR count). The number of ether oxygens (including phenoxy) is 2. The molecule has 0 amide bonds. The first-order valence-corrected chi connectivity index (χ1v) is 9.07. The van der Waals surface area contributed by atoms with Gasteiger partial charge in [-0.15, -0.1) is 0 Å². The van der Waals surface area contributed by atoms with Crippen LogP contribution < -0.4 is 15.4 Å². The van der Waals surface area contributed by atoms with Crippen molar-refractivity contribution in [1.82, 2.24) is 10.6 Å². The number of morpholine rings is 1. The molecule has 1 saturated carbocycles. The third-order valence-corrected chi connectivity index (χ3v) is 5.07. The molecular weight excluding hydrogens is 312 g/mol. The summed E-state index contributed by atoms with van der Waals surface area (Å²) in [7, 11) is 0. The number of hydrogen-bond acceptors (Lipinski definition) is 4. The smallest absolute Gasteiger partial charge is 0.121 e. The van der Waals surface area contributed by atoms with Gasteiger partial charge in [-0.1, -0.05) is 24.1 Å². The second kappa shape index (κ2) is 8.34. The van der Waals surface area contributed by atoms with Gasteiger partial charge in [-0.3, -0.25) is 0 Å². The Morgan fingerprint density at radius 1 is 1.43 bits per heavy atom. The van der Waals surface area contributed by atoms with Gasteiger partial charge in [-0.05, 0) is 43.9 Å². The van der Waals surface area contributed by atoms with E-state index in [0.29, 0.717) is 23.0 Å². The lowest BCUT2D eigenvalue weighted by atomic mass is 9.94. The van der Waals surface area contributed by atoms with E-state index in [0.717, 1.165) is 32.1 Å². The van der Waals surface area contributed by atoms with Crippen LogP contribution in [0.3, 0.4) is 0 Å². The van der Waals surface area contributed by atoms with Crippen molar-refractivity contribution in [2.75, 3.05) is 26.3 Å². The highest BCUT2D eigenvalue weighted by atomic mass is 35.5. The third kappa shape index (κ3) is 4.83. The van der Waals surface area contributed by atoms with Gasteiger partial charge in [0.05, 0.1) is 13.2 Å². The summed E-state index contributed by atoms with van der Waals surface area (Å²) in [6, 6.07) is 8.63. The monoisotopic (exact) mass is 338 g/mol. The molecule has 4 nitrogen and oxygen atoms in total. The Labute approximate surface area is 143 Å². The highest BCUT2D eigenvalue weighted by molar-refractivity contribution is 6.30. The van der Waals surface area contributed by atoms with Gasteiger partial charge >= 0.3 is 0 Å². The quantitative estimate of drug-likeness (QED) is 0.837. The van der Waals surface area contributed by atoms with Crippen molar-refractivity contribution in [2.45, 2.75) is 44.4 Å². The van der Waals surface area contributed by atoms with Crippen molar-refractivity contribution >= 4 is 11.6 Å². The van der Waals surface area contributed by atoms with Crippen LogP contribution in [0.25, 0.3) is 0 Å². The van der Waals surface area contributed by atoms with Crippen molar-refractivity contribution in [3.63, 3.8) is 0 Å². The number of rotatable bonds is 6. The molecule has 1 aromatic rings. The fraction of sp³-hybridized carbons (Fsp3) is 0.667. The third-order valence-electron chi connectivity index (χ3n) is 4.84. The first kappa shape index (κ1) is 17.0. The van der Waals surface area contributed by atoms with Crippen LogP contribution in [0.5, 0.6) is 5.75 Å². The zero-order chi connectivity index (χ0) is 16.1. The lowest BCUT2D eigenvalue weighted by Crippen LogP contribution is -2.51. The first-order valence-electron chi connectivity index (χ1n) is 8.69. The first-order chi connectivity index (χ1) is 11.2. The average molecular weight is 339 g/mol. The molecule has 2 N–H and O–H groups in total. The van der Waals surface area contributed by atoms with Crippen LogP contribution in [0, 0.1) is 5.92 Å². The molecule has 1 aliphatic heterocycles. The molecule has 5 heteroatoms. The van der Waals surface area contributed by atoms with Crippen LogP contribution in [-0.4, -0.2) is 44.5 Å². The van der Waals surface area contributed by atoms with E-state index in [1.165, 1.54) is 19.3 Å². The topological polar surface area (TPSA) is 42.5 Å². The van der Waals surface area contributed by atoms with E-state index in [1.54, 1.807) is 0 Å². The minimum atomic E-state index is 0.116. The van der Waals surface area contributed by atoms with E-state index >= 15 is 0 Å². The van der Waals surface area contributed by atoms with Gasteiger partial charge in [-0.25, -0.2) is 0 Å². The summed E-state index contributed by atoms with van der Waals surface area (Å²) < 4.78 is 11.6. The molecule has 4 atom stereocenters. The molecule has 4 unspecified atom stereocenters.